The summed E-state index contributed by atoms with van der Waals surface area (Å²) in [5.74, 6) is 1.45. The van der Waals surface area contributed by atoms with Gasteiger partial charge in [0.2, 0.25) is 0 Å². The lowest BCUT2D eigenvalue weighted by atomic mass is 10.2. The zero-order valence-corrected chi connectivity index (χ0v) is 10.8. The van der Waals surface area contributed by atoms with Crippen molar-refractivity contribution in [1.82, 2.24) is 19.9 Å². The summed E-state index contributed by atoms with van der Waals surface area (Å²) in [4.78, 5) is 16.4. The molecule has 1 N–H and O–H groups in total. The molecule has 2 heterocycles. The molecule has 0 bridgehead atoms. The molecule has 0 saturated heterocycles. The molecule has 0 unspecified atom stereocenters. The first kappa shape index (κ1) is 11.8. The molecular formula is C14H14N4O. The summed E-state index contributed by atoms with van der Waals surface area (Å²) in [5.41, 5.74) is 4.03. The van der Waals surface area contributed by atoms with Crippen molar-refractivity contribution in [2.24, 2.45) is 0 Å². The van der Waals surface area contributed by atoms with Gasteiger partial charge in [0.15, 0.2) is 5.82 Å². The van der Waals surface area contributed by atoms with Crippen LogP contribution in [0, 0.1) is 6.92 Å². The molecule has 3 rings (SSSR count). The van der Waals surface area contributed by atoms with Gasteiger partial charge < -0.3 is 9.72 Å². The van der Waals surface area contributed by atoms with E-state index in [4.69, 9.17) is 4.74 Å². The number of aryl methyl sites for hydroxylation is 1. The molecule has 1 aromatic carbocycles. The highest BCUT2D eigenvalue weighted by atomic mass is 16.5. The standard InChI is InChI=1S/C14H14N4O/c1-9-4-3-5-11-13(9)18-14(17-11)10-6-15-12(8-19-2)16-7-10/h3-7H,8H2,1-2H3,(H,17,18). The first-order chi connectivity index (χ1) is 9.28. The number of ether oxygens (including phenoxy) is 1. The maximum Gasteiger partial charge on any atom is 0.153 e. The third-order valence-electron chi connectivity index (χ3n) is 2.97. The molecule has 0 spiro atoms. The van der Waals surface area contributed by atoms with Crippen LogP contribution in [0.4, 0.5) is 0 Å². The number of methoxy groups -OCH3 is 1. The number of para-hydroxylation sites is 1. The highest BCUT2D eigenvalue weighted by Gasteiger charge is 2.07. The van der Waals surface area contributed by atoms with Gasteiger partial charge in [0.05, 0.1) is 16.6 Å². The van der Waals surface area contributed by atoms with Gasteiger partial charge in [-0.1, -0.05) is 12.1 Å². The zero-order chi connectivity index (χ0) is 13.2. The number of fused-ring (bicyclic) bond motifs is 1. The van der Waals surface area contributed by atoms with Crippen molar-refractivity contribution in [3.05, 3.63) is 42.0 Å². The van der Waals surface area contributed by atoms with Crippen molar-refractivity contribution < 1.29 is 4.74 Å². The lowest BCUT2D eigenvalue weighted by Gasteiger charge is -1.99. The molecule has 5 nitrogen and oxygen atoms in total. The van der Waals surface area contributed by atoms with Gasteiger partial charge in [0.25, 0.3) is 0 Å². The van der Waals surface area contributed by atoms with E-state index in [1.54, 1.807) is 19.5 Å². The zero-order valence-electron chi connectivity index (χ0n) is 10.8. The minimum absolute atomic E-state index is 0.416. The summed E-state index contributed by atoms with van der Waals surface area (Å²) in [7, 11) is 1.62. The van der Waals surface area contributed by atoms with Crippen LogP contribution in [0.15, 0.2) is 30.6 Å². The normalized spacial score (nSPS) is 11.1. The Bertz CT molecular complexity index is 703. The first-order valence-electron chi connectivity index (χ1n) is 6.03. The van der Waals surface area contributed by atoms with Gasteiger partial charge >= 0.3 is 0 Å². The Morgan fingerprint density at radius 1 is 1.21 bits per heavy atom. The Labute approximate surface area is 110 Å². The number of hydrogen-bond acceptors (Lipinski definition) is 4. The number of aromatic amines is 1. The van der Waals surface area contributed by atoms with Crippen LogP contribution in [-0.2, 0) is 11.3 Å². The number of rotatable bonds is 3. The number of H-pyrrole nitrogens is 1. The molecule has 0 radical (unpaired) electrons. The van der Waals surface area contributed by atoms with Crippen LogP contribution >= 0.6 is 0 Å². The fourth-order valence-electron chi connectivity index (χ4n) is 1.99. The monoisotopic (exact) mass is 254 g/mol. The SMILES string of the molecule is COCc1ncc(-c2nc3c(C)cccc3[nH]2)cn1. The van der Waals surface area contributed by atoms with Crippen molar-refractivity contribution in [2.75, 3.05) is 7.11 Å². The van der Waals surface area contributed by atoms with Crippen LogP contribution < -0.4 is 0 Å². The summed E-state index contributed by atoms with van der Waals surface area (Å²) in [6, 6.07) is 6.07. The van der Waals surface area contributed by atoms with E-state index < -0.39 is 0 Å². The van der Waals surface area contributed by atoms with Crippen LogP contribution in [-0.4, -0.2) is 27.0 Å². The molecule has 3 aromatic rings. The highest BCUT2D eigenvalue weighted by Crippen LogP contribution is 2.21. The van der Waals surface area contributed by atoms with Gasteiger partial charge in [-0.15, -0.1) is 0 Å². The molecule has 0 aliphatic heterocycles. The Hall–Kier alpha value is -2.27. The van der Waals surface area contributed by atoms with Gasteiger partial charge in [0, 0.05) is 19.5 Å². The molecular weight excluding hydrogens is 240 g/mol. The van der Waals surface area contributed by atoms with E-state index in [1.165, 1.54) is 0 Å². The molecule has 5 heteroatoms. The van der Waals surface area contributed by atoms with Crippen LogP contribution in [0.25, 0.3) is 22.4 Å². The molecule has 0 amide bonds. The van der Waals surface area contributed by atoms with Crippen molar-refractivity contribution in [1.29, 1.82) is 0 Å². The average Bonchev–Trinajstić information content (AvgIpc) is 2.85. The van der Waals surface area contributed by atoms with Gasteiger partial charge in [-0.25, -0.2) is 15.0 Å². The number of benzene rings is 1. The molecule has 0 aliphatic carbocycles. The summed E-state index contributed by atoms with van der Waals surface area (Å²) in [6.45, 7) is 2.46. The number of nitrogens with one attached hydrogen (secondary N) is 1. The third-order valence-corrected chi connectivity index (χ3v) is 2.97. The van der Waals surface area contributed by atoms with Crippen molar-refractivity contribution in [3.63, 3.8) is 0 Å². The van der Waals surface area contributed by atoms with Gasteiger partial charge in [0.1, 0.15) is 12.4 Å². The second-order valence-corrected chi connectivity index (χ2v) is 4.38. The van der Waals surface area contributed by atoms with E-state index in [-0.39, 0.29) is 0 Å². The minimum Gasteiger partial charge on any atom is -0.377 e. The molecule has 0 aliphatic rings. The van der Waals surface area contributed by atoms with Gasteiger partial charge in [-0.05, 0) is 18.6 Å². The predicted molar refractivity (Wildman–Crippen MR) is 72.6 cm³/mol. The second-order valence-electron chi connectivity index (χ2n) is 4.38. The summed E-state index contributed by atoms with van der Waals surface area (Å²) in [6.07, 6.45) is 3.52. The van der Waals surface area contributed by atoms with Crippen molar-refractivity contribution in [3.8, 4) is 11.4 Å². The lowest BCUT2D eigenvalue weighted by molar-refractivity contribution is 0.178. The topological polar surface area (TPSA) is 63.7 Å². The molecule has 0 fully saturated rings. The number of hydrogen-bond donors (Lipinski definition) is 1. The minimum atomic E-state index is 0.416. The second kappa shape index (κ2) is 4.78. The fourth-order valence-corrected chi connectivity index (χ4v) is 1.99. The van der Waals surface area contributed by atoms with E-state index in [2.05, 4.69) is 19.9 Å². The Balaban J connectivity index is 2.01. The van der Waals surface area contributed by atoms with Crippen molar-refractivity contribution in [2.45, 2.75) is 13.5 Å². The molecule has 2 aromatic heterocycles. The third kappa shape index (κ3) is 2.20. The van der Waals surface area contributed by atoms with Crippen LogP contribution in [0.3, 0.4) is 0 Å². The highest BCUT2D eigenvalue weighted by molar-refractivity contribution is 5.81. The Morgan fingerprint density at radius 2 is 2.00 bits per heavy atom. The van der Waals surface area contributed by atoms with Crippen molar-refractivity contribution >= 4 is 11.0 Å². The Morgan fingerprint density at radius 3 is 2.68 bits per heavy atom. The fraction of sp³-hybridized carbons (Fsp3) is 0.214. The largest absolute Gasteiger partial charge is 0.377 e. The molecule has 0 saturated carbocycles. The van der Waals surface area contributed by atoms with E-state index >= 15 is 0 Å². The molecule has 19 heavy (non-hydrogen) atoms. The van der Waals surface area contributed by atoms with E-state index in [0.717, 1.165) is 28.0 Å². The maximum atomic E-state index is 4.99. The van der Waals surface area contributed by atoms with Gasteiger partial charge in [-0.2, -0.15) is 0 Å². The van der Waals surface area contributed by atoms with Crippen LogP contribution in [0.5, 0.6) is 0 Å². The molecule has 96 valence electrons. The van der Waals surface area contributed by atoms with E-state index in [1.807, 2.05) is 25.1 Å². The maximum absolute atomic E-state index is 4.99. The first-order valence-corrected chi connectivity index (χ1v) is 6.03. The Kier molecular flexibility index (Phi) is 2.97. The average molecular weight is 254 g/mol. The molecule has 0 atom stereocenters. The predicted octanol–water partition coefficient (Wildman–Crippen LogP) is 2.47. The van der Waals surface area contributed by atoms with Crippen LogP contribution in [0.1, 0.15) is 11.4 Å². The number of imidazole rings is 1. The smallest absolute Gasteiger partial charge is 0.153 e. The van der Waals surface area contributed by atoms with E-state index in [0.29, 0.717) is 12.4 Å². The van der Waals surface area contributed by atoms with E-state index in [9.17, 15) is 0 Å². The summed E-state index contributed by atoms with van der Waals surface area (Å²) >= 11 is 0. The lowest BCUT2D eigenvalue weighted by Crippen LogP contribution is -1.96. The number of aromatic nitrogens is 4. The number of nitrogens with zero attached hydrogens (tertiary/aromatic N) is 3. The quantitative estimate of drug-likeness (QED) is 0.779. The summed E-state index contributed by atoms with van der Waals surface area (Å²) in [5, 5.41) is 0. The summed E-state index contributed by atoms with van der Waals surface area (Å²) < 4.78 is 4.99. The van der Waals surface area contributed by atoms with Crippen LogP contribution in [0.2, 0.25) is 0 Å². The van der Waals surface area contributed by atoms with Gasteiger partial charge in [-0.3, -0.25) is 0 Å².